The molecule has 0 aliphatic carbocycles. The number of hydrogen-bond acceptors (Lipinski definition) is 5. The Bertz CT molecular complexity index is 714. The van der Waals surface area contributed by atoms with Gasteiger partial charge in [0.15, 0.2) is 0 Å². The number of rotatable bonds is 5. The second-order valence-corrected chi connectivity index (χ2v) is 5.75. The van der Waals surface area contributed by atoms with Crippen LogP contribution in [0, 0.1) is 11.3 Å². The minimum Gasteiger partial charge on any atom is -0.373 e. The number of carbonyl (C=O) groups is 1. The lowest BCUT2D eigenvalue weighted by Crippen LogP contribution is -2.42. The summed E-state index contributed by atoms with van der Waals surface area (Å²) in [7, 11) is 0. The molecule has 0 unspecified atom stereocenters. The molecule has 1 amide bonds. The molecular formula is C17H19N5O2. The van der Waals surface area contributed by atoms with Gasteiger partial charge in [0, 0.05) is 13.1 Å². The Morgan fingerprint density at radius 1 is 1.29 bits per heavy atom. The number of amides is 1. The molecule has 1 fully saturated rings. The van der Waals surface area contributed by atoms with Gasteiger partial charge in [-0.05, 0) is 18.4 Å². The fourth-order valence-electron chi connectivity index (χ4n) is 2.72. The Morgan fingerprint density at radius 3 is 2.71 bits per heavy atom. The van der Waals surface area contributed by atoms with Crippen molar-refractivity contribution in [3.8, 4) is 6.07 Å². The highest BCUT2D eigenvalue weighted by Gasteiger charge is 2.23. The van der Waals surface area contributed by atoms with E-state index in [0.717, 1.165) is 18.4 Å². The molecule has 0 N–H and O–H groups in total. The summed E-state index contributed by atoms with van der Waals surface area (Å²) >= 11 is 0. The quantitative estimate of drug-likeness (QED) is 0.829. The Morgan fingerprint density at radius 2 is 2.04 bits per heavy atom. The fraction of sp³-hybridized carbons (Fsp3) is 0.412. The van der Waals surface area contributed by atoms with Crippen molar-refractivity contribution in [2.24, 2.45) is 0 Å². The van der Waals surface area contributed by atoms with E-state index in [9.17, 15) is 4.79 Å². The summed E-state index contributed by atoms with van der Waals surface area (Å²) in [5.41, 5.74) is 1.16. The minimum atomic E-state index is -0.00843. The summed E-state index contributed by atoms with van der Waals surface area (Å²) in [5.74, 6) is 0.0710. The molecule has 1 aliphatic rings. The van der Waals surface area contributed by atoms with Gasteiger partial charge in [-0.3, -0.25) is 4.79 Å². The van der Waals surface area contributed by atoms with Crippen molar-refractivity contribution >= 4 is 5.91 Å². The van der Waals surface area contributed by atoms with Crippen LogP contribution in [0.5, 0.6) is 0 Å². The van der Waals surface area contributed by atoms with Gasteiger partial charge in [0.05, 0.1) is 12.7 Å². The van der Waals surface area contributed by atoms with Crippen LogP contribution < -0.4 is 0 Å². The van der Waals surface area contributed by atoms with Crippen molar-refractivity contribution in [2.75, 3.05) is 13.1 Å². The van der Waals surface area contributed by atoms with Crippen molar-refractivity contribution in [1.82, 2.24) is 19.7 Å². The predicted molar refractivity (Wildman–Crippen MR) is 85.6 cm³/mol. The van der Waals surface area contributed by atoms with Gasteiger partial charge in [-0.2, -0.15) is 5.26 Å². The fourth-order valence-corrected chi connectivity index (χ4v) is 2.72. The third kappa shape index (κ3) is 4.18. The van der Waals surface area contributed by atoms with E-state index in [2.05, 4.69) is 10.1 Å². The van der Waals surface area contributed by atoms with E-state index in [4.69, 9.17) is 10.00 Å². The maximum absolute atomic E-state index is 12.3. The highest BCUT2D eigenvalue weighted by atomic mass is 16.5. The summed E-state index contributed by atoms with van der Waals surface area (Å²) in [4.78, 5) is 17.9. The van der Waals surface area contributed by atoms with E-state index >= 15 is 0 Å². The lowest BCUT2D eigenvalue weighted by Gasteiger charge is -2.32. The van der Waals surface area contributed by atoms with Crippen LogP contribution in [0.1, 0.15) is 24.2 Å². The van der Waals surface area contributed by atoms with Crippen LogP contribution in [-0.2, 0) is 22.7 Å². The highest BCUT2D eigenvalue weighted by molar-refractivity contribution is 5.75. The summed E-state index contributed by atoms with van der Waals surface area (Å²) in [6.45, 7) is 2.08. The lowest BCUT2D eigenvalue weighted by molar-refractivity contribution is -0.134. The molecule has 1 saturated heterocycles. The van der Waals surface area contributed by atoms with Gasteiger partial charge in [0.25, 0.3) is 5.82 Å². The zero-order chi connectivity index (χ0) is 16.8. The zero-order valence-corrected chi connectivity index (χ0v) is 13.3. The van der Waals surface area contributed by atoms with Crippen molar-refractivity contribution in [1.29, 1.82) is 5.26 Å². The van der Waals surface area contributed by atoms with Crippen LogP contribution in [0.2, 0.25) is 0 Å². The van der Waals surface area contributed by atoms with Crippen molar-refractivity contribution < 1.29 is 9.53 Å². The third-order valence-corrected chi connectivity index (χ3v) is 4.06. The van der Waals surface area contributed by atoms with E-state index in [-0.39, 0.29) is 24.4 Å². The highest BCUT2D eigenvalue weighted by Crippen LogP contribution is 2.16. The van der Waals surface area contributed by atoms with E-state index in [1.807, 2.05) is 41.3 Å². The van der Waals surface area contributed by atoms with E-state index < -0.39 is 0 Å². The molecular weight excluding hydrogens is 306 g/mol. The average molecular weight is 325 g/mol. The van der Waals surface area contributed by atoms with Crippen molar-refractivity contribution in [3.63, 3.8) is 0 Å². The van der Waals surface area contributed by atoms with Crippen LogP contribution >= 0.6 is 0 Å². The molecule has 24 heavy (non-hydrogen) atoms. The van der Waals surface area contributed by atoms with Gasteiger partial charge in [-0.15, -0.1) is 5.10 Å². The van der Waals surface area contributed by atoms with E-state index in [1.165, 1.54) is 11.0 Å². The smallest absolute Gasteiger partial charge is 0.252 e. The standard InChI is InChI=1S/C17H19N5O2/c18-10-16-19-13-22(20-16)11-17(23)21-8-6-15(7-9-21)24-12-14-4-2-1-3-5-14/h1-5,13,15H,6-9,11-12H2. The number of ether oxygens (including phenoxy) is 1. The van der Waals surface area contributed by atoms with Crippen molar-refractivity contribution in [2.45, 2.75) is 32.1 Å². The van der Waals surface area contributed by atoms with Crippen LogP contribution in [0.3, 0.4) is 0 Å². The Balaban J connectivity index is 1.43. The SMILES string of the molecule is N#Cc1ncn(CC(=O)N2CCC(OCc3ccccc3)CC2)n1. The summed E-state index contributed by atoms with van der Waals surface area (Å²) in [6.07, 6.45) is 3.26. The monoisotopic (exact) mass is 325 g/mol. The van der Waals surface area contributed by atoms with Gasteiger partial charge >= 0.3 is 0 Å². The molecule has 7 nitrogen and oxygen atoms in total. The summed E-state index contributed by atoms with van der Waals surface area (Å²) < 4.78 is 7.33. The van der Waals surface area contributed by atoms with Gasteiger partial charge in [0.2, 0.25) is 5.91 Å². The number of aromatic nitrogens is 3. The Labute approximate surface area is 140 Å². The van der Waals surface area contributed by atoms with Gasteiger partial charge in [-0.25, -0.2) is 9.67 Å². The number of carbonyl (C=O) groups excluding carboxylic acids is 1. The van der Waals surface area contributed by atoms with Crippen molar-refractivity contribution in [3.05, 3.63) is 48.0 Å². The molecule has 1 aromatic heterocycles. The summed E-state index contributed by atoms with van der Waals surface area (Å²) in [6, 6.07) is 11.9. The molecule has 0 bridgehead atoms. The first-order valence-electron chi connectivity index (χ1n) is 7.97. The van der Waals surface area contributed by atoms with Gasteiger partial charge in [-0.1, -0.05) is 30.3 Å². The second kappa shape index (κ2) is 7.70. The first-order chi connectivity index (χ1) is 11.7. The lowest BCUT2D eigenvalue weighted by atomic mass is 10.1. The summed E-state index contributed by atoms with van der Waals surface area (Å²) in [5, 5.41) is 12.6. The average Bonchev–Trinajstić information content (AvgIpc) is 3.09. The molecule has 3 rings (SSSR count). The van der Waals surface area contributed by atoms with Crippen LogP contribution in [0.15, 0.2) is 36.7 Å². The Kier molecular flexibility index (Phi) is 5.18. The maximum atomic E-state index is 12.3. The first kappa shape index (κ1) is 16.1. The van der Waals surface area contributed by atoms with Crippen LogP contribution in [0.25, 0.3) is 0 Å². The van der Waals surface area contributed by atoms with Crippen LogP contribution in [-0.4, -0.2) is 44.8 Å². The number of nitrogens with zero attached hydrogens (tertiary/aromatic N) is 5. The molecule has 1 aliphatic heterocycles. The van der Waals surface area contributed by atoms with Crippen LogP contribution in [0.4, 0.5) is 0 Å². The molecule has 2 aromatic rings. The molecule has 0 spiro atoms. The Hall–Kier alpha value is -2.72. The topological polar surface area (TPSA) is 84.0 Å². The van der Waals surface area contributed by atoms with E-state index in [0.29, 0.717) is 19.7 Å². The maximum Gasteiger partial charge on any atom is 0.252 e. The molecule has 2 heterocycles. The molecule has 0 saturated carbocycles. The first-order valence-corrected chi connectivity index (χ1v) is 7.97. The number of likely N-dealkylation sites (tertiary alicyclic amines) is 1. The molecule has 124 valence electrons. The van der Waals surface area contributed by atoms with E-state index in [1.54, 1.807) is 0 Å². The predicted octanol–water partition coefficient (Wildman–Crippen LogP) is 1.36. The van der Waals surface area contributed by atoms with Gasteiger partial charge in [0.1, 0.15) is 18.9 Å². The number of piperidine rings is 1. The number of hydrogen-bond donors (Lipinski definition) is 0. The molecule has 7 heteroatoms. The second-order valence-electron chi connectivity index (χ2n) is 5.75. The third-order valence-electron chi connectivity index (χ3n) is 4.06. The number of benzene rings is 1. The largest absolute Gasteiger partial charge is 0.373 e. The normalized spacial score (nSPS) is 15.2. The molecule has 1 aromatic carbocycles. The van der Waals surface area contributed by atoms with Gasteiger partial charge < -0.3 is 9.64 Å². The number of nitriles is 1. The minimum absolute atomic E-state index is 0.00843. The zero-order valence-electron chi connectivity index (χ0n) is 13.3. The molecule has 0 radical (unpaired) electrons. The molecule has 0 atom stereocenters.